The third-order valence-electron chi connectivity index (χ3n) is 5.16. The Morgan fingerprint density at radius 2 is 1.61 bits per heavy atom. The van der Waals surface area contributed by atoms with Gasteiger partial charge in [0.15, 0.2) is 5.78 Å². The van der Waals surface area contributed by atoms with Gasteiger partial charge in [0.05, 0.1) is 11.4 Å². The van der Waals surface area contributed by atoms with Gasteiger partial charge in [-0.1, -0.05) is 67.3 Å². The van der Waals surface area contributed by atoms with Gasteiger partial charge in [-0.05, 0) is 63.1 Å². The summed E-state index contributed by atoms with van der Waals surface area (Å²) in [6.45, 7) is 11.6. The smallest absolute Gasteiger partial charge is 0.160 e. The highest BCUT2D eigenvalue weighted by atomic mass is 16.1. The van der Waals surface area contributed by atoms with Gasteiger partial charge in [-0.25, -0.2) is 4.98 Å². The Labute approximate surface area is 185 Å². The second-order valence-electron chi connectivity index (χ2n) is 7.42. The number of aryl methyl sites for hydroxylation is 1. The number of nitrogens with zero attached hydrogens (tertiary/aromatic N) is 1. The van der Waals surface area contributed by atoms with Crippen molar-refractivity contribution in [3.63, 3.8) is 0 Å². The molecule has 0 saturated carbocycles. The van der Waals surface area contributed by atoms with E-state index < -0.39 is 0 Å². The first kappa shape index (κ1) is 22.0. The highest BCUT2D eigenvalue weighted by molar-refractivity contribution is 6.01. The average molecular weight is 406 g/mol. The molecular weight excluding hydrogens is 378 g/mol. The van der Waals surface area contributed by atoms with E-state index >= 15 is 0 Å². The summed E-state index contributed by atoms with van der Waals surface area (Å²) in [6.07, 6.45) is 6.29. The van der Waals surface area contributed by atoms with E-state index in [2.05, 4.69) is 44.4 Å². The summed E-state index contributed by atoms with van der Waals surface area (Å²) in [5.41, 5.74) is 8.18. The van der Waals surface area contributed by atoms with E-state index in [1.807, 2.05) is 55.5 Å². The van der Waals surface area contributed by atoms with Crippen molar-refractivity contribution in [2.45, 2.75) is 34.1 Å². The SMILES string of the molecule is C=Cc1c(/C=C\C)nc(-c2ccc(C#Cc3ccc(C)cc3)cc2)c(CC)c1C(C)=O. The molecule has 0 amide bonds. The molecule has 1 aromatic heterocycles. The summed E-state index contributed by atoms with van der Waals surface area (Å²) in [5.74, 6) is 6.45. The lowest BCUT2D eigenvalue weighted by molar-refractivity contribution is 0.101. The third kappa shape index (κ3) is 4.90. The van der Waals surface area contributed by atoms with Crippen molar-refractivity contribution in [2.24, 2.45) is 0 Å². The molecule has 2 aromatic carbocycles. The van der Waals surface area contributed by atoms with Crippen molar-refractivity contribution < 1.29 is 4.79 Å². The predicted octanol–water partition coefficient (Wildman–Crippen LogP) is 6.90. The van der Waals surface area contributed by atoms with Gasteiger partial charge in [0.2, 0.25) is 0 Å². The molecule has 0 saturated heterocycles. The number of hydrogen-bond donors (Lipinski definition) is 0. The van der Waals surface area contributed by atoms with Gasteiger partial charge < -0.3 is 0 Å². The maximum atomic E-state index is 12.5. The largest absolute Gasteiger partial charge is 0.294 e. The van der Waals surface area contributed by atoms with Crippen LogP contribution in [0.4, 0.5) is 0 Å². The molecule has 0 spiro atoms. The Morgan fingerprint density at radius 3 is 2.10 bits per heavy atom. The molecule has 3 aromatic rings. The molecule has 0 aliphatic heterocycles. The molecule has 0 atom stereocenters. The second-order valence-corrected chi connectivity index (χ2v) is 7.42. The summed E-state index contributed by atoms with van der Waals surface area (Å²) in [5, 5.41) is 0. The first-order valence-electron chi connectivity index (χ1n) is 10.5. The van der Waals surface area contributed by atoms with Crippen molar-refractivity contribution in [3.05, 3.63) is 100 Å². The number of carbonyl (C=O) groups is 1. The molecule has 0 N–H and O–H groups in total. The molecule has 31 heavy (non-hydrogen) atoms. The van der Waals surface area contributed by atoms with Crippen LogP contribution in [0.25, 0.3) is 23.4 Å². The van der Waals surface area contributed by atoms with E-state index in [9.17, 15) is 4.79 Å². The number of hydrogen-bond acceptors (Lipinski definition) is 2. The molecule has 0 aliphatic carbocycles. The van der Waals surface area contributed by atoms with Crippen LogP contribution in [0.5, 0.6) is 0 Å². The van der Waals surface area contributed by atoms with Gasteiger partial charge in [0.25, 0.3) is 0 Å². The molecule has 1 heterocycles. The van der Waals surface area contributed by atoms with Gasteiger partial charge in [-0.15, -0.1) is 0 Å². The number of ketones is 1. The van der Waals surface area contributed by atoms with E-state index in [4.69, 9.17) is 4.98 Å². The predicted molar refractivity (Wildman–Crippen MR) is 131 cm³/mol. The zero-order valence-electron chi connectivity index (χ0n) is 18.6. The molecule has 2 heteroatoms. The maximum absolute atomic E-state index is 12.5. The summed E-state index contributed by atoms with van der Waals surface area (Å²) in [4.78, 5) is 17.4. The number of Topliss-reactive ketones (excluding diaryl/α,β-unsaturated/α-hetero) is 1. The zero-order chi connectivity index (χ0) is 22.4. The van der Waals surface area contributed by atoms with Crippen molar-refractivity contribution in [1.82, 2.24) is 4.98 Å². The van der Waals surface area contributed by atoms with Crippen molar-refractivity contribution >= 4 is 17.9 Å². The Morgan fingerprint density at radius 1 is 1.03 bits per heavy atom. The lowest BCUT2D eigenvalue weighted by Gasteiger charge is -2.17. The summed E-state index contributed by atoms with van der Waals surface area (Å²) in [6, 6.07) is 16.2. The number of allylic oxidation sites excluding steroid dienone is 1. The number of carbonyl (C=O) groups excluding carboxylic acids is 1. The third-order valence-corrected chi connectivity index (χ3v) is 5.16. The number of rotatable bonds is 5. The summed E-state index contributed by atoms with van der Waals surface area (Å²) >= 11 is 0. The van der Waals surface area contributed by atoms with Crippen LogP contribution in [-0.2, 0) is 6.42 Å². The fourth-order valence-electron chi connectivity index (χ4n) is 3.63. The van der Waals surface area contributed by atoms with E-state index in [1.165, 1.54) is 5.56 Å². The average Bonchev–Trinajstić information content (AvgIpc) is 2.78. The summed E-state index contributed by atoms with van der Waals surface area (Å²) < 4.78 is 0. The number of pyridine rings is 1. The first-order chi connectivity index (χ1) is 15.0. The Hall–Kier alpha value is -3.70. The van der Waals surface area contributed by atoms with E-state index in [0.29, 0.717) is 12.0 Å². The lowest BCUT2D eigenvalue weighted by atomic mass is 9.91. The zero-order valence-corrected chi connectivity index (χ0v) is 18.6. The summed E-state index contributed by atoms with van der Waals surface area (Å²) in [7, 11) is 0. The van der Waals surface area contributed by atoms with Crippen LogP contribution in [-0.4, -0.2) is 10.8 Å². The molecule has 3 rings (SSSR count). The Kier molecular flexibility index (Phi) is 7.00. The van der Waals surface area contributed by atoms with Gasteiger partial charge in [0, 0.05) is 27.8 Å². The van der Waals surface area contributed by atoms with Crippen molar-refractivity contribution in [1.29, 1.82) is 0 Å². The topological polar surface area (TPSA) is 30.0 Å². The normalized spacial score (nSPS) is 10.6. The van der Waals surface area contributed by atoms with Crippen LogP contribution in [0.15, 0.2) is 61.2 Å². The Balaban J connectivity index is 2.07. The van der Waals surface area contributed by atoms with Gasteiger partial charge in [-0.3, -0.25) is 4.79 Å². The monoisotopic (exact) mass is 405 g/mol. The van der Waals surface area contributed by atoms with Crippen LogP contribution < -0.4 is 0 Å². The number of aromatic nitrogens is 1. The molecular formula is C29H27NO. The number of benzene rings is 2. The molecule has 0 unspecified atom stereocenters. The highest BCUT2D eigenvalue weighted by Crippen LogP contribution is 2.31. The molecule has 0 fully saturated rings. The maximum Gasteiger partial charge on any atom is 0.160 e. The molecule has 0 aliphatic rings. The van der Waals surface area contributed by atoms with Crippen LogP contribution in [0.3, 0.4) is 0 Å². The van der Waals surface area contributed by atoms with Crippen molar-refractivity contribution in [2.75, 3.05) is 0 Å². The van der Waals surface area contributed by atoms with Gasteiger partial charge >= 0.3 is 0 Å². The highest BCUT2D eigenvalue weighted by Gasteiger charge is 2.19. The second kappa shape index (κ2) is 9.87. The van der Waals surface area contributed by atoms with E-state index in [-0.39, 0.29) is 5.78 Å². The minimum absolute atomic E-state index is 0.0294. The van der Waals surface area contributed by atoms with Gasteiger partial charge in [0.1, 0.15) is 0 Å². The van der Waals surface area contributed by atoms with Crippen molar-refractivity contribution in [3.8, 4) is 23.1 Å². The molecule has 0 bridgehead atoms. The first-order valence-corrected chi connectivity index (χ1v) is 10.5. The molecule has 0 radical (unpaired) electrons. The molecule has 2 nitrogen and oxygen atoms in total. The fraction of sp³-hybridized carbons (Fsp3) is 0.172. The van der Waals surface area contributed by atoms with Gasteiger partial charge in [-0.2, -0.15) is 0 Å². The quantitative estimate of drug-likeness (QED) is 0.341. The van der Waals surface area contributed by atoms with E-state index in [0.717, 1.165) is 39.2 Å². The minimum Gasteiger partial charge on any atom is -0.294 e. The van der Waals surface area contributed by atoms with Crippen LogP contribution >= 0.6 is 0 Å². The lowest BCUT2D eigenvalue weighted by Crippen LogP contribution is -2.09. The fourth-order valence-corrected chi connectivity index (χ4v) is 3.63. The van der Waals surface area contributed by atoms with Crippen LogP contribution in [0.2, 0.25) is 0 Å². The Bertz CT molecular complexity index is 1200. The van der Waals surface area contributed by atoms with E-state index in [1.54, 1.807) is 13.0 Å². The van der Waals surface area contributed by atoms with Crippen LogP contribution in [0, 0.1) is 18.8 Å². The minimum atomic E-state index is 0.0294. The van der Waals surface area contributed by atoms with Crippen LogP contribution in [0.1, 0.15) is 64.6 Å². The molecule has 154 valence electrons. The standard InChI is InChI=1S/C29H27NO/c1-6-9-27-25(7-2)28(21(5)31)26(8-3)29(30-27)24-18-16-23(17-19-24)15-14-22-12-10-20(4)11-13-22/h6-7,9-13,16-19H,2,8H2,1,3-5H3/b9-6-.